The van der Waals surface area contributed by atoms with Crippen LogP contribution in [-0.4, -0.2) is 15.8 Å². The van der Waals surface area contributed by atoms with Gasteiger partial charge in [-0.25, -0.2) is 13.6 Å². The van der Waals surface area contributed by atoms with E-state index in [1.165, 1.54) is 23.5 Å². The van der Waals surface area contributed by atoms with Crippen LogP contribution in [0.3, 0.4) is 0 Å². The molecule has 9 heteroatoms. The summed E-state index contributed by atoms with van der Waals surface area (Å²) in [5.74, 6) is 0.773. The number of nitrogens with one attached hydrogen (secondary N) is 1. The molecule has 1 N–H and O–H groups in total. The zero-order chi connectivity index (χ0) is 21.8. The Hall–Kier alpha value is -1.93. The number of benzene rings is 2. The SMILES string of the molecule is O=S(Nc1cscn1)c1cc(Cl)c(OCC2CCCC=C2c2ccc(F)cc2)c(Cl)c1. The predicted molar refractivity (Wildman–Crippen MR) is 126 cm³/mol. The molecule has 0 saturated carbocycles. The summed E-state index contributed by atoms with van der Waals surface area (Å²) in [5.41, 5.74) is 3.78. The van der Waals surface area contributed by atoms with E-state index in [1.54, 1.807) is 35.2 Å². The first-order chi connectivity index (χ1) is 15.0. The molecular weight excluding hydrogens is 478 g/mol. The number of thiazole rings is 1. The van der Waals surface area contributed by atoms with Crippen LogP contribution in [0.25, 0.3) is 5.57 Å². The summed E-state index contributed by atoms with van der Waals surface area (Å²) in [5, 5.41) is 2.34. The first-order valence-electron chi connectivity index (χ1n) is 9.65. The lowest BCUT2D eigenvalue weighted by Crippen LogP contribution is -2.17. The minimum atomic E-state index is -1.55. The van der Waals surface area contributed by atoms with Gasteiger partial charge in [0.25, 0.3) is 0 Å². The van der Waals surface area contributed by atoms with Gasteiger partial charge >= 0.3 is 0 Å². The van der Waals surface area contributed by atoms with E-state index in [9.17, 15) is 8.60 Å². The highest BCUT2D eigenvalue weighted by atomic mass is 35.5. The van der Waals surface area contributed by atoms with Gasteiger partial charge in [-0.2, -0.15) is 0 Å². The molecule has 31 heavy (non-hydrogen) atoms. The molecule has 0 aliphatic heterocycles. The molecule has 4 rings (SSSR count). The number of aromatic nitrogens is 1. The smallest absolute Gasteiger partial charge is 0.156 e. The summed E-state index contributed by atoms with van der Waals surface area (Å²) < 4.78 is 34.6. The quantitative estimate of drug-likeness (QED) is 0.383. The van der Waals surface area contributed by atoms with Crippen LogP contribution < -0.4 is 9.46 Å². The van der Waals surface area contributed by atoms with Gasteiger partial charge in [0, 0.05) is 11.3 Å². The Labute approximate surface area is 196 Å². The minimum absolute atomic E-state index is 0.145. The molecule has 1 heterocycles. The molecule has 1 aliphatic rings. The van der Waals surface area contributed by atoms with Crippen molar-refractivity contribution in [2.45, 2.75) is 24.2 Å². The summed E-state index contributed by atoms with van der Waals surface area (Å²) in [6, 6.07) is 9.67. The lowest BCUT2D eigenvalue weighted by molar-refractivity contribution is 0.269. The molecule has 0 spiro atoms. The Kier molecular flexibility index (Phi) is 7.27. The van der Waals surface area contributed by atoms with Crippen LogP contribution in [0.5, 0.6) is 5.75 Å². The number of halogens is 3. The number of anilines is 1. The van der Waals surface area contributed by atoms with E-state index in [-0.39, 0.29) is 11.7 Å². The first-order valence-corrected chi connectivity index (χ1v) is 12.5. The Balaban J connectivity index is 1.47. The van der Waals surface area contributed by atoms with Gasteiger partial charge in [0.15, 0.2) is 16.7 Å². The van der Waals surface area contributed by atoms with Gasteiger partial charge in [0.2, 0.25) is 0 Å². The van der Waals surface area contributed by atoms with Crippen molar-refractivity contribution in [3.8, 4) is 5.75 Å². The number of hydrogen-bond donors (Lipinski definition) is 1. The lowest BCUT2D eigenvalue weighted by atomic mass is 9.84. The molecule has 0 radical (unpaired) electrons. The molecule has 1 aromatic heterocycles. The molecule has 162 valence electrons. The van der Waals surface area contributed by atoms with Gasteiger partial charge in [-0.3, -0.25) is 4.72 Å². The van der Waals surface area contributed by atoms with E-state index in [0.29, 0.717) is 33.1 Å². The van der Waals surface area contributed by atoms with Crippen molar-refractivity contribution in [3.05, 3.63) is 74.8 Å². The zero-order valence-electron chi connectivity index (χ0n) is 16.3. The molecule has 0 saturated heterocycles. The number of ether oxygens (including phenoxy) is 1. The molecule has 0 bridgehead atoms. The van der Waals surface area contributed by atoms with Gasteiger partial charge in [-0.1, -0.05) is 41.4 Å². The molecule has 0 fully saturated rings. The summed E-state index contributed by atoms with van der Waals surface area (Å²) in [6.07, 6.45) is 5.18. The van der Waals surface area contributed by atoms with Crippen LogP contribution >= 0.6 is 34.5 Å². The topological polar surface area (TPSA) is 51.2 Å². The first kappa shape index (κ1) is 22.3. The van der Waals surface area contributed by atoms with Crippen LogP contribution in [0.15, 0.2) is 58.3 Å². The molecule has 0 amide bonds. The minimum Gasteiger partial charge on any atom is -0.490 e. The second kappa shape index (κ2) is 10.1. The third kappa shape index (κ3) is 5.47. The molecule has 1 aliphatic carbocycles. The largest absolute Gasteiger partial charge is 0.490 e. The summed E-state index contributed by atoms with van der Waals surface area (Å²) in [4.78, 5) is 4.49. The van der Waals surface area contributed by atoms with Crippen molar-refractivity contribution < 1.29 is 13.3 Å². The fourth-order valence-electron chi connectivity index (χ4n) is 3.50. The Morgan fingerprint density at radius 3 is 2.65 bits per heavy atom. The standard InChI is InChI=1S/C22H19Cl2FN2O2S2/c23-19-9-17(31(28)27-21-12-30-13-26-21)10-20(24)22(19)29-11-15-3-1-2-4-18(15)14-5-7-16(25)8-6-14/h4-10,12-13,15,27H,1-3,11H2. The van der Waals surface area contributed by atoms with Crippen molar-refractivity contribution in [1.82, 2.24) is 4.98 Å². The van der Waals surface area contributed by atoms with Gasteiger partial charge in [-0.15, -0.1) is 11.3 Å². The monoisotopic (exact) mass is 496 g/mol. The molecule has 4 nitrogen and oxygen atoms in total. The fraction of sp³-hybridized carbons (Fsp3) is 0.227. The molecule has 3 aromatic rings. The number of nitrogens with zero attached hydrogens (tertiary/aromatic N) is 1. The maximum Gasteiger partial charge on any atom is 0.156 e. The van der Waals surface area contributed by atoms with Crippen molar-refractivity contribution in [2.24, 2.45) is 5.92 Å². The second-order valence-electron chi connectivity index (χ2n) is 7.07. The fourth-order valence-corrected chi connectivity index (χ4v) is 5.65. The van der Waals surface area contributed by atoms with Gasteiger partial charge < -0.3 is 4.74 Å². The summed E-state index contributed by atoms with van der Waals surface area (Å²) in [7, 11) is -1.55. The Morgan fingerprint density at radius 2 is 1.97 bits per heavy atom. The van der Waals surface area contributed by atoms with Crippen molar-refractivity contribution in [3.63, 3.8) is 0 Å². The third-order valence-electron chi connectivity index (χ3n) is 4.98. The van der Waals surface area contributed by atoms with Crippen LogP contribution in [0, 0.1) is 11.7 Å². The molecular formula is C22H19Cl2FN2O2S2. The van der Waals surface area contributed by atoms with E-state index in [2.05, 4.69) is 15.8 Å². The van der Waals surface area contributed by atoms with Crippen LogP contribution in [-0.2, 0) is 11.0 Å². The van der Waals surface area contributed by atoms with E-state index >= 15 is 0 Å². The predicted octanol–water partition coefficient (Wildman–Crippen LogP) is 6.99. The third-order valence-corrected chi connectivity index (χ3v) is 7.19. The lowest BCUT2D eigenvalue weighted by Gasteiger charge is -2.25. The molecule has 2 unspecified atom stereocenters. The Morgan fingerprint density at radius 1 is 1.23 bits per heavy atom. The van der Waals surface area contributed by atoms with E-state index < -0.39 is 11.0 Å². The maximum atomic E-state index is 13.3. The normalized spacial score (nSPS) is 17.1. The number of rotatable bonds is 7. The van der Waals surface area contributed by atoms with E-state index in [0.717, 1.165) is 30.4 Å². The molecule has 2 aromatic carbocycles. The van der Waals surface area contributed by atoms with E-state index in [4.69, 9.17) is 27.9 Å². The zero-order valence-corrected chi connectivity index (χ0v) is 19.5. The highest BCUT2D eigenvalue weighted by Gasteiger charge is 2.22. The van der Waals surface area contributed by atoms with Crippen LogP contribution in [0.4, 0.5) is 10.2 Å². The van der Waals surface area contributed by atoms with Crippen molar-refractivity contribution >= 4 is 56.9 Å². The highest BCUT2D eigenvalue weighted by molar-refractivity contribution is 7.86. The second-order valence-corrected chi connectivity index (χ2v) is 9.81. The number of hydrogen-bond acceptors (Lipinski definition) is 4. The van der Waals surface area contributed by atoms with Gasteiger partial charge in [0.05, 0.1) is 27.1 Å². The van der Waals surface area contributed by atoms with Gasteiger partial charge in [-0.05, 0) is 54.7 Å². The average molecular weight is 497 g/mol. The molecule has 2 atom stereocenters. The van der Waals surface area contributed by atoms with Crippen molar-refractivity contribution in [1.29, 1.82) is 0 Å². The average Bonchev–Trinajstić information content (AvgIpc) is 3.27. The van der Waals surface area contributed by atoms with Gasteiger partial charge in [0.1, 0.15) is 11.6 Å². The van der Waals surface area contributed by atoms with E-state index in [1.807, 2.05) is 0 Å². The summed E-state index contributed by atoms with van der Waals surface area (Å²) in [6.45, 7) is 0.391. The highest BCUT2D eigenvalue weighted by Crippen LogP contribution is 2.38. The maximum absolute atomic E-state index is 13.3. The number of allylic oxidation sites excluding steroid dienone is 1. The van der Waals surface area contributed by atoms with Crippen LogP contribution in [0.1, 0.15) is 24.8 Å². The van der Waals surface area contributed by atoms with Crippen LogP contribution in [0.2, 0.25) is 10.0 Å². The Bertz CT molecular complexity index is 1080. The summed E-state index contributed by atoms with van der Waals surface area (Å²) >= 11 is 14.2. The van der Waals surface area contributed by atoms with Crippen molar-refractivity contribution in [2.75, 3.05) is 11.3 Å².